The van der Waals surface area contributed by atoms with Gasteiger partial charge in [0.2, 0.25) is 5.82 Å². The molecule has 0 unspecified atom stereocenters. The number of nitrogens with zero attached hydrogens (tertiary/aromatic N) is 3. The highest BCUT2D eigenvalue weighted by Crippen LogP contribution is 2.39. The van der Waals surface area contributed by atoms with E-state index in [1.807, 2.05) is 0 Å². The third-order valence-electron chi connectivity index (χ3n) is 3.49. The van der Waals surface area contributed by atoms with Gasteiger partial charge in [-0.15, -0.1) is 4.40 Å². The first-order valence-corrected chi connectivity index (χ1v) is 10.1. The number of hydrogen-bond acceptors (Lipinski definition) is 7. The number of nitrogens with two attached hydrogens (primary N) is 1. The molecule has 4 rings (SSSR count). The second kappa shape index (κ2) is 6.27. The van der Waals surface area contributed by atoms with Crippen LogP contribution in [-0.2, 0) is 10.0 Å². The number of sulfonamides is 1. The van der Waals surface area contributed by atoms with Crippen molar-refractivity contribution in [1.29, 1.82) is 0 Å². The van der Waals surface area contributed by atoms with Crippen molar-refractivity contribution < 1.29 is 12.9 Å². The van der Waals surface area contributed by atoms with Gasteiger partial charge in [-0.05, 0) is 36.4 Å². The highest BCUT2D eigenvalue weighted by molar-refractivity contribution is 8.15. The molecule has 0 radical (unpaired) electrons. The van der Waals surface area contributed by atoms with Crippen molar-refractivity contribution in [2.45, 2.75) is 9.79 Å². The zero-order valence-corrected chi connectivity index (χ0v) is 15.8. The molecule has 26 heavy (non-hydrogen) atoms. The second-order valence-corrected chi connectivity index (χ2v) is 8.69. The van der Waals surface area contributed by atoms with Gasteiger partial charge in [-0.1, -0.05) is 40.1 Å². The van der Waals surface area contributed by atoms with E-state index in [9.17, 15) is 8.42 Å². The van der Waals surface area contributed by atoms with Gasteiger partial charge in [0.15, 0.2) is 5.17 Å². The van der Waals surface area contributed by atoms with E-state index in [1.54, 1.807) is 24.3 Å². The lowest BCUT2D eigenvalue weighted by atomic mass is 10.2. The molecule has 0 spiro atoms. The fraction of sp³-hybridized carbons (Fsp3) is 0. The minimum Gasteiger partial charge on any atom is -0.377 e. The third kappa shape index (κ3) is 3.07. The van der Waals surface area contributed by atoms with E-state index in [1.165, 1.54) is 12.1 Å². The molecular weight excluding hydrogens is 419 g/mol. The molecule has 0 bridgehead atoms. The van der Waals surface area contributed by atoms with Crippen molar-refractivity contribution in [1.82, 2.24) is 10.1 Å². The lowest BCUT2D eigenvalue weighted by Crippen LogP contribution is -2.16. The molecule has 0 aliphatic carbocycles. The summed E-state index contributed by atoms with van der Waals surface area (Å²) >= 11 is 13.2. The van der Waals surface area contributed by atoms with Crippen LogP contribution in [0.3, 0.4) is 0 Å². The number of aromatic nitrogens is 2. The summed E-state index contributed by atoms with van der Waals surface area (Å²) in [4.78, 5) is 4.67. The predicted molar refractivity (Wildman–Crippen MR) is 99.9 cm³/mol. The second-order valence-electron chi connectivity index (χ2n) is 5.22. The van der Waals surface area contributed by atoms with Gasteiger partial charge in [-0.3, -0.25) is 0 Å². The lowest BCUT2D eigenvalue weighted by Gasteiger charge is -2.14. The van der Waals surface area contributed by atoms with Crippen molar-refractivity contribution in [2.75, 3.05) is 0 Å². The van der Waals surface area contributed by atoms with Crippen LogP contribution >= 0.6 is 35.0 Å². The first-order chi connectivity index (χ1) is 12.3. The molecule has 1 aromatic heterocycles. The first kappa shape index (κ1) is 17.3. The van der Waals surface area contributed by atoms with Gasteiger partial charge in [0.25, 0.3) is 15.9 Å². The van der Waals surface area contributed by atoms with Crippen molar-refractivity contribution in [3.63, 3.8) is 0 Å². The Hall–Kier alpha value is -2.07. The minimum atomic E-state index is -3.91. The SMILES string of the molecule is NC1=NS(=O)(=O)c2cc(-c3nc(-c4ccc(Cl)cc4)no3)c(Cl)cc2S1. The maximum absolute atomic E-state index is 12.2. The predicted octanol–water partition coefficient (Wildman–Crippen LogP) is 3.82. The monoisotopic (exact) mass is 426 g/mol. The van der Waals surface area contributed by atoms with E-state index in [0.717, 1.165) is 11.8 Å². The standard InChI is InChI=1S/C15H8Cl2N4O3S2/c16-8-3-1-7(2-4-8)13-19-14(24-20-13)9-5-12-11(6-10(9)17)25-15(18)21-26(12,22)23/h1-6H,(H2,18,21). The van der Waals surface area contributed by atoms with E-state index < -0.39 is 10.0 Å². The number of fused-ring (bicyclic) bond motifs is 1. The zero-order chi connectivity index (χ0) is 18.5. The molecule has 0 atom stereocenters. The molecule has 1 aliphatic rings. The van der Waals surface area contributed by atoms with Gasteiger partial charge in [0.05, 0.1) is 10.6 Å². The smallest absolute Gasteiger partial charge is 0.285 e. The van der Waals surface area contributed by atoms with Gasteiger partial charge in [0, 0.05) is 15.5 Å². The number of benzene rings is 2. The number of rotatable bonds is 2. The Balaban J connectivity index is 1.80. The van der Waals surface area contributed by atoms with Crippen molar-refractivity contribution in [3.8, 4) is 22.8 Å². The van der Waals surface area contributed by atoms with E-state index in [2.05, 4.69) is 14.5 Å². The van der Waals surface area contributed by atoms with Crippen LogP contribution in [0.1, 0.15) is 0 Å². The van der Waals surface area contributed by atoms with E-state index in [0.29, 0.717) is 21.3 Å². The normalized spacial score (nSPS) is 15.4. The Morgan fingerprint density at radius 3 is 2.58 bits per heavy atom. The van der Waals surface area contributed by atoms with Gasteiger partial charge in [-0.25, -0.2) is 0 Å². The summed E-state index contributed by atoms with van der Waals surface area (Å²) < 4.78 is 33.2. The Kier molecular flexibility index (Phi) is 4.19. The molecule has 132 valence electrons. The van der Waals surface area contributed by atoms with Crippen LogP contribution < -0.4 is 5.73 Å². The molecule has 2 aromatic carbocycles. The van der Waals surface area contributed by atoms with Crippen molar-refractivity contribution >= 4 is 50.2 Å². The van der Waals surface area contributed by atoms with Crippen LogP contribution in [0, 0.1) is 0 Å². The minimum absolute atomic E-state index is 0.0117. The Morgan fingerprint density at radius 2 is 1.85 bits per heavy atom. The quantitative estimate of drug-likeness (QED) is 0.662. The van der Waals surface area contributed by atoms with Crippen LogP contribution in [0.15, 0.2) is 55.1 Å². The van der Waals surface area contributed by atoms with Crippen molar-refractivity contribution in [2.24, 2.45) is 10.1 Å². The molecule has 11 heteroatoms. The number of hydrogen-bond donors (Lipinski definition) is 1. The molecule has 0 fully saturated rings. The Morgan fingerprint density at radius 1 is 1.12 bits per heavy atom. The lowest BCUT2D eigenvalue weighted by molar-refractivity contribution is 0.432. The van der Waals surface area contributed by atoms with Gasteiger partial charge >= 0.3 is 0 Å². The summed E-state index contributed by atoms with van der Waals surface area (Å²) in [6, 6.07) is 9.72. The largest absolute Gasteiger partial charge is 0.377 e. The number of thioether (sulfide) groups is 1. The summed E-state index contributed by atoms with van der Waals surface area (Å²) in [6.07, 6.45) is 0. The van der Waals surface area contributed by atoms with Crippen LogP contribution in [0.5, 0.6) is 0 Å². The Labute approximate surface area is 162 Å². The molecule has 2 heterocycles. The fourth-order valence-corrected chi connectivity index (χ4v) is 5.12. The molecular formula is C15H8Cl2N4O3S2. The molecule has 3 aromatic rings. The van der Waals surface area contributed by atoms with E-state index in [-0.39, 0.29) is 26.5 Å². The summed E-state index contributed by atoms with van der Waals surface area (Å²) in [6.45, 7) is 0. The van der Waals surface area contributed by atoms with E-state index >= 15 is 0 Å². The number of halogens is 2. The molecule has 0 amide bonds. The molecule has 0 saturated carbocycles. The maximum atomic E-state index is 12.2. The first-order valence-electron chi connectivity index (χ1n) is 7.05. The summed E-state index contributed by atoms with van der Waals surface area (Å²) in [5, 5.41) is 4.68. The van der Waals surface area contributed by atoms with Crippen molar-refractivity contribution in [3.05, 3.63) is 46.4 Å². The third-order valence-corrected chi connectivity index (χ3v) is 6.49. The fourth-order valence-electron chi connectivity index (χ4n) is 2.33. The zero-order valence-electron chi connectivity index (χ0n) is 12.7. The average Bonchev–Trinajstić information content (AvgIpc) is 3.03. The van der Waals surface area contributed by atoms with Gasteiger partial charge < -0.3 is 10.3 Å². The summed E-state index contributed by atoms with van der Waals surface area (Å²) in [7, 11) is -3.91. The van der Waals surface area contributed by atoms with Gasteiger partial charge in [0.1, 0.15) is 4.90 Å². The van der Waals surface area contributed by atoms with Crippen LogP contribution in [0.4, 0.5) is 0 Å². The summed E-state index contributed by atoms with van der Waals surface area (Å²) in [5.41, 5.74) is 6.53. The van der Waals surface area contributed by atoms with Gasteiger partial charge in [-0.2, -0.15) is 13.4 Å². The molecule has 1 aliphatic heterocycles. The number of amidine groups is 1. The highest BCUT2D eigenvalue weighted by atomic mass is 35.5. The summed E-state index contributed by atoms with van der Waals surface area (Å²) in [5.74, 6) is 0.412. The Bertz CT molecular complexity index is 1160. The van der Waals surface area contributed by atoms with Crippen LogP contribution in [0.2, 0.25) is 10.0 Å². The molecule has 0 saturated heterocycles. The molecule has 7 nitrogen and oxygen atoms in total. The average molecular weight is 427 g/mol. The van der Waals surface area contributed by atoms with Crippen LogP contribution in [0.25, 0.3) is 22.8 Å². The maximum Gasteiger partial charge on any atom is 0.285 e. The van der Waals surface area contributed by atoms with E-state index in [4.69, 9.17) is 33.5 Å². The highest BCUT2D eigenvalue weighted by Gasteiger charge is 2.28. The molecule has 2 N–H and O–H groups in total. The topological polar surface area (TPSA) is 111 Å². The van der Waals surface area contributed by atoms with Crippen LogP contribution in [-0.4, -0.2) is 23.7 Å².